The van der Waals surface area contributed by atoms with Crippen LogP contribution in [0.5, 0.6) is 0 Å². The molecule has 3 aromatic rings. The second-order valence-corrected chi connectivity index (χ2v) is 7.43. The molecule has 0 fully saturated rings. The molecule has 0 saturated carbocycles. The fraction of sp³-hybridized carbons (Fsp3) is 0.182. The Hall–Kier alpha value is -4.53. The van der Waals surface area contributed by atoms with Crippen molar-refractivity contribution in [1.29, 1.82) is 5.26 Å². The number of H-pyrrole nitrogens is 1. The SMILES string of the molecule is COC(=O)C1=C(C)N(c2cccc(C(F)(F)F)c2)c2n[nH]c(=O)n2[C@@H]1c1ccc(C#N)cc1N. The van der Waals surface area contributed by atoms with E-state index in [1.807, 2.05) is 6.07 Å². The van der Waals surface area contributed by atoms with Crippen molar-refractivity contribution < 1.29 is 22.7 Å². The van der Waals surface area contributed by atoms with Gasteiger partial charge < -0.3 is 10.5 Å². The van der Waals surface area contributed by atoms with E-state index in [9.17, 15) is 22.8 Å². The number of anilines is 3. The number of hydrogen-bond donors (Lipinski definition) is 2. The van der Waals surface area contributed by atoms with Gasteiger partial charge in [0.05, 0.1) is 29.9 Å². The number of ether oxygens (including phenoxy) is 1. The van der Waals surface area contributed by atoms with E-state index < -0.39 is 29.4 Å². The summed E-state index contributed by atoms with van der Waals surface area (Å²) in [6.07, 6.45) is -4.61. The minimum absolute atomic E-state index is 0.0280. The Morgan fingerprint density at radius 3 is 2.62 bits per heavy atom. The normalized spacial score (nSPS) is 15.6. The van der Waals surface area contributed by atoms with Gasteiger partial charge in [-0.05, 0) is 37.3 Å². The van der Waals surface area contributed by atoms with Gasteiger partial charge in [0.25, 0.3) is 0 Å². The molecule has 1 atom stereocenters. The van der Waals surface area contributed by atoms with Crippen molar-refractivity contribution in [3.63, 3.8) is 0 Å². The maximum absolute atomic E-state index is 13.4. The second kappa shape index (κ2) is 8.11. The van der Waals surface area contributed by atoms with Crippen molar-refractivity contribution >= 4 is 23.3 Å². The Labute approximate surface area is 190 Å². The number of nitriles is 1. The number of carbonyl (C=O) groups is 1. The zero-order chi connectivity index (χ0) is 24.8. The number of aromatic nitrogens is 3. The fourth-order valence-corrected chi connectivity index (χ4v) is 3.97. The lowest BCUT2D eigenvalue weighted by Crippen LogP contribution is -2.38. The highest BCUT2D eigenvalue weighted by Gasteiger charge is 2.40. The van der Waals surface area contributed by atoms with Gasteiger partial charge in [-0.3, -0.25) is 4.90 Å². The Bertz CT molecular complexity index is 1430. The molecule has 2 aromatic carbocycles. The molecular weight excluding hydrogens is 453 g/mol. The minimum Gasteiger partial charge on any atom is -0.466 e. The summed E-state index contributed by atoms with van der Waals surface area (Å²) in [6, 6.07) is 9.61. The van der Waals surface area contributed by atoms with E-state index >= 15 is 0 Å². The van der Waals surface area contributed by atoms with Gasteiger partial charge in [-0.1, -0.05) is 12.1 Å². The zero-order valence-corrected chi connectivity index (χ0v) is 17.8. The van der Waals surface area contributed by atoms with Gasteiger partial charge >= 0.3 is 17.8 Å². The predicted octanol–water partition coefficient (Wildman–Crippen LogP) is 3.23. The van der Waals surface area contributed by atoms with Crippen LogP contribution in [0.2, 0.25) is 0 Å². The van der Waals surface area contributed by atoms with Gasteiger partial charge in [-0.15, -0.1) is 5.10 Å². The Morgan fingerprint density at radius 1 is 1.26 bits per heavy atom. The van der Waals surface area contributed by atoms with Crippen LogP contribution in [-0.4, -0.2) is 27.8 Å². The number of rotatable bonds is 3. The molecule has 12 heteroatoms. The third kappa shape index (κ3) is 3.57. The number of fused-ring (bicyclic) bond motifs is 1. The van der Waals surface area contributed by atoms with Gasteiger partial charge in [0, 0.05) is 22.6 Å². The Morgan fingerprint density at radius 2 is 2.00 bits per heavy atom. The van der Waals surface area contributed by atoms with Crippen LogP contribution in [-0.2, 0) is 15.7 Å². The molecule has 1 aromatic heterocycles. The molecule has 34 heavy (non-hydrogen) atoms. The van der Waals surface area contributed by atoms with Crippen LogP contribution in [0.1, 0.15) is 29.7 Å². The van der Waals surface area contributed by atoms with E-state index in [0.717, 1.165) is 23.8 Å². The number of methoxy groups -OCH3 is 1. The Kier molecular flexibility index (Phi) is 5.40. The van der Waals surface area contributed by atoms with Gasteiger partial charge in [0.1, 0.15) is 6.04 Å². The van der Waals surface area contributed by atoms with E-state index in [0.29, 0.717) is 5.56 Å². The van der Waals surface area contributed by atoms with Crippen molar-refractivity contribution in [3.8, 4) is 6.07 Å². The highest BCUT2D eigenvalue weighted by molar-refractivity contribution is 5.94. The lowest BCUT2D eigenvalue weighted by atomic mass is 9.92. The molecule has 0 saturated heterocycles. The molecule has 0 bridgehead atoms. The average molecular weight is 470 g/mol. The summed E-state index contributed by atoms with van der Waals surface area (Å²) < 4.78 is 46.1. The summed E-state index contributed by atoms with van der Waals surface area (Å²) in [5, 5.41) is 15.4. The third-order valence-electron chi connectivity index (χ3n) is 5.49. The number of carbonyl (C=O) groups excluding carboxylic acids is 1. The molecule has 1 aliphatic rings. The second-order valence-electron chi connectivity index (χ2n) is 7.43. The number of esters is 1. The lowest BCUT2D eigenvalue weighted by Gasteiger charge is -2.35. The molecule has 0 radical (unpaired) electrons. The fourth-order valence-electron chi connectivity index (χ4n) is 3.97. The smallest absolute Gasteiger partial charge is 0.416 e. The van der Waals surface area contributed by atoms with Gasteiger partial charge in [-0.2, -0.15) is 18.4 Å². The number of nitrogens with zero attached hydrogens (tertiary/aromatic N) is 4. The van der Waals surface area contributed by atoms with E-state index in [2.05, 4.69) is 10.2 Å². The van der Waals surface area contributed by atoms with E-state index in [-0.39, 0.29) is 34.2 Å². The number of aromatic amines is 1. The maximum Gasteiger partial charge on any atom is 0.416 e. The van der Waals surface area contributed by atoms with Crippen LogP contribution in [0.15, 0.2) is 58.5 Å². The number of allylic oxidation sites excluding steroid dienone is 1. The highest BCUT2D eigenvalue weighted by Crippen LogP contribution is 2.43. The topological polar surface area (TPSA) is 130 Å². The molecule has 174 valence electrons. The third-order valence-corrected chi connectivity index (χ3v) is 5.49. The Balaban J connectivity index is 2.02. The largest absolute Gasteiger partial charge is 0.466 e. The average Bonchev–Trinajstić information content (AvgIpc) is 3.18. The van der Waals surface area contributed by atoms with Gasteiger partial charge in [-0.25, -0.2) is 19.3 Å². The summed E-state index contributed by atoms with van der Waals surface area (Å²) in [5.41, 5.74) is 5.40. The molecule has 1 aliphatic heterocycles. The number of halogens is 3. The summed E-state index contributed by atoms with van der Waals surface area (Å²) >= 11 is 0. The summed E-state index contributed by atoms with van der Waals surface area (Å²) in [5.74, 6) is -0.870. The first-order valence-electron chi connectivity index (χ1n) is 9.81. The number of nitrogens with one attached hydrogen (secondary N) is 1. The predicted molar refractivity (Wildman–Crippen MR) is 115 cm³/mol. The quantitative estimate of drug-likeness (QED) is 0.444. The number of hydrogen-bond acceptors (Lipinski definition) is 7. The standard InChI is InChI=1S/C22H17F3N6O3/c1-11-17(19(32)34-2)18(15-7-6-12(10-26)8-16(15)27)31-20(28-29-21(31)33)30(11)14-5-3-4-13(9-14)22(23,24)25/h3-9,18H,27H2,1-2H3,(H,29,33)/t18-/m1/s1. The molecule has 0 spiro atoms. The van der Waals surface area contributed by atoms with Crippen molar-refractivity contribution in [2.75, 3.05) is 17.7 Å². The summed E-state index contributed by atoms with van der Waals surface area (Å²) in [6.45, 7) is 1.50. The number of nitrogens with two attached hydrogens (primary N) is 1. The van der Waals surface area contributed by atoms with Crippen LogP contribution in [0.25, 0.3) is 0 Å². The van der Waals surface area contributed by atoms with Crippen molar-refractivity contribution in [1.82, 2.24) is 14.8 Å². The maximum atomic E-state index is 13.4. The van der Waals surface area contributed by atoms with Crippen molar-refractivity contribution in [2.24, 2.45) is 0 Å². The van der Waals surface area contributed by atoms with Gasteiger partial charge in [0.2, 0.25) is 5.95 Å². The first-order valence-corrected chi connectivity index (χ1v) is 9.81. The van der Waals surface area contributed by atoms with Crippen LogP contribution < -0.4 is 16.3 Å². The summed E-state index contributed by atoms with van der Waals surface area (Å²) in [7, 11) is 1.14. The van der Waals surface area contributed by atoms with E-state index in [1.165, 1.54) is 42.2 Å². The molecule has 0 amide bonds. The summed E-state index contributed by atoms with van der Waals surface area (Å²) in [4.78, 5) is 27.0. The van der Waals surface area contributed by atoms with Crippen LogP contribution in [0.3, 0.4) is 0 Å². The number of nitrogen functional groups attached to an aromatic ring is 1. The van der Waals surface area contributed by atoms with Crippen molar-refractivity contribution in [2.45, 2.75) is 19.1 Å². The molecule has 2 heterocycles. The zero-order valence-electron chi connectivity index (χ0n) is 17.8. The first kappa shape index (κ1) is 22.7. The first-order chi connectivity index (χ1) is 16.1. The van der Waals surface area contributed by atoms with Crippen LogP contribution in [0.4, 0.5) is 30.5 Å². The van der Waals surface area contributed by atoms with Crippen LogP contribution >= 0.6 is 0 Å². The molecule has 0 unspecified atom stereocenters. The lowest BCUT2D eigenvalue weighted by molar-refractivity contribution is -0.138. The van der Waals surface area contributed by atoms with E-state index in [1.54, 1.807) is 0 Å². The molecular formula is C22H17F3N6O3. The molecule has 0 aliphatic carbocycles. The van der Waals surface area contributed by atoms with Gasteiger partial charge in [0.15, 0.2) is 0 Å². The van der Waals surface area contributed by atoms with E-state index in [4.69, 9.17) is 15.7 Å². The molecule has 4 rings (SSSR count). The molecule has 9 nitrogen and oxygen atoms in total. The number of benzene rings is 2. The molecule has 3 N–H and O–H groups in total. The number of alkyl halides is 3. The van der Waals surface area contributed by atoms with Crippen LogP contribution in [0, 0.1) is 11.3 Å². The van der Waals surface area contributed by atoms with Crippen molar-refractivity contribution in [3.05, 3.63) is 80.9 Å². The monoisotopic (exact) mass is 470 g/mol. The minimum atomic E-state index is -4.61. The highest BCUT2D eigenvalue weighted by atomic mass is 19.4.